The maximum absolute atomic E-state index is 13.6. The summed E-state index contributed by atoms with van der Waals surface area (Å²) in [7, 11) is 4.15. The lowest BCUT2D eigenvalue weighted by Gasteiger charge is -2.34. The largest absolute Gasteiger partial charge is 0.496 e. The molecule has 3 aromatic carbocycles. The van der Waals surface area contributed by atoms with E-state index in [9.17, 15) is 19.2 Å². The summed E-state index contributed by atoms with van der Waals surface area (Å²) in [6.45, 7) is 12.0. The molecule has 0 aliphatic carbocycles. The first kappa shape index (κ1) is 40.6. The third-order valence-corrected chi connectivity index (χ3v) is 10.1. The number of esters is 2. The Hall–Kier alpha value is -6.06. The molecule has 0 saturated carbocycles. The van der Waals surface area contributed by atoms with Gasteiger partial charge in [-0.2, -0.15) is 0 Å². The van der Waals surface area contributed by atoms with E-state index in [0.717, 1.165) is 44.8 Å². The number of aromatic nitrogens is 2. The van der Waals surface area contributed by atoms with E-state index in [4.69, 9.17) is 28.1 Å². The van der Waals surface area contributed by atoms with E-state index >= 15 is 0 Å². The van der Waals surface area contributed by atoms with Gasteiger partial charge in [-0.25, -0.2) is 14.4 Å². The molecule has 15 heteroatoms. The summed E-state index contributed by atoms with van der Waals surface area (Å²) in [4.78, 5) is 57.9. The van der Waals surface area contributed by atoms with Gasteiger partial charge in [0.05, 0.1) is 62.9 Å². The van der Waals surface area contributed by atoms with Gasteiger partial charge >= 0.3 is 17.6 Å². The van der Waals surface area contributed by atoms with Crippen LogP contribution in [0.25, 0.3) is 11.0 Å². The molecule has 302 valence electrons. The predicted molar refractivity (Wildman–Crippen MR) is 213 cm³/mol. The summed E-state index contributed by atoms with van der Waals surface area (Å²) in [5.41, 5.74) is 3.35. The van der Waals surface area contributed by atoms with E-state index in [1.807, 2.05) is 31.2 Å². The van der Waals surface area contributed by atoms with Crippen molar-refractivity contribution in [3.63, 3.8) is 0 Å². The van der Waals surface area contributed by atoms with E-state index < -0.39 is 17.8 Å². The molecule has 5 aromatic rings. The quantitative estimate of drug-likeness (QED) is 0.127. The highest BCUT2D eigenvalue weighted by Gasteiger charge is 2.26. The SMILES string of the molecule is CCOC(=O)c1ccc2c(c1)n(Cc1occ(COc3cc(C(=O)Nc4ccc(CN5CCN(CC)CC5)cc4)c(OC)cc3OC)c1C(=O)OC)c(=O)n2CC. The molecule has 1 amide bonds. The van der Waals surface area contributed by atoms with Crippen LogP contribution in [0.15, 0.2) is 70.1 Å². The van der Waals surface area contributed by atoms with Crippen molar-refractivity contribution in [1.29, 1.82) is 0 Å². The molecule has 2 aromatic heterocycles. The van der Waals surface area contributed by atoms with Gasteiger partial charge in [-0.05, 0) is 56.3 Å². The maximum Gasteiger partial charge on any atom is 0.341 e. The molecule has 1 fully saturated rings. The number of carbonyl (C=O) groups excluding carboxylic acids is 3. The Morgan fingerprint density at radius 1 is 0.754 bits per heavy atom. The number of ether oxygens (including phenoxy) is 5. The van der Waals surface area contributed by atoms with Crippen LogP contribution in [0.2, 0.25) is 0 Å². The highest BCUT2D eigenvalue weighted by Crippen LogP contribution is 2.36. The molecule has 0 unspecified atom stereocenters. The van der Waals surface area contributed by atoms with Crippen LogP contribution in [0.3, 0.4) is 0 Å². The molecule has 1 saturated heterocycles. The lowest BCUT2D eigenvalue weighted by Crippen LogP contribution is -2.45. The van der Waals surface area contributed by atoms with E-state index in [2.05, 4.69) is 22.0 Å². The molecule has 15 nitrogen and oxygen atoms in total. The molecule has 1 aliphatic rings. The number of furan rings is 1. The maximum atomic E-state index is 13.6. The zero-order valence-corrected chi connectivity index (χ0v) is 33.2. The molecule has 0 bridgehead atoms. The standard InChI is InChI=1S/C42H49N5O10/c1-7-44-16-18-45(19-17-44)23-27-10-13-30(14-11-27)43-39(48)31-21-36(35(53-5)22-34(31)52-4)56-25-29-26-57-37(38(29)41(50)54-6)24-47-33-20-28(40(49)55-9-3)12-15-32(33)46(8-2)42(47)51/h10-15,20-22,26H,7-9,16-19,23-25H2,1-6H3,(H,43,48). The van der Waals surface area contributed by atoms with Crippen LogP contribution in [0.5, 0.6) is 17.2 Å². The number of fused-ring (bicyclic) bond motifs is 1. The average molecular weight is 784 g/mol. The molecule has 0 atom stereocenters. The second-order valence-electron chi connectivity index (χ2n) is 13.4. The first-order valence-corrected chi connectivity index (χ1v) is 18.9. The van der Waals surface area contributed by atoms with Crippen molar-refractivity contribution in [3.8, 4) is 17.2 Å². The van der Waals surface area contributed by atoms with Crippen LogP contribution in [0.4, 0.5) is 5.69 Å². The summed E-state index contributed by atoms with van der Waals surface area (Å²) in [5.74, 6) is -0.753. The van der Waals surface area contributed by atoms with Crippen LogP contribution in [-0.4, -0.2) is 97.4 Å². The Bertz CT molecular complexity index is 2280. The Balaban J connectivity index is 1.22. The molecule has 3 heterocycles. The van der Waals surface area contributed by atoms with Crippen molar-refractivity contribution >= 4 is 34.6 Å². The summed E-state index contributed by atoms with van der Waals surface area (Å²) in [6, 6.07) is 15.7. The Kier molecular flexibility index (Phi) is 13.0. The second kappa shape index (κ2) is 18.3. The van der Waals surface area contributed by atoms with Gasteiger partial charge in [-0.15, -0.1) is 0 Å². The molecule has 0 spiro atoms. The number of likely N-dealkylation sites (N-methyl/N-ethyl adjacent to an activating group) is 1. The van der Waals surface area contributed by atoms with Crippen LogP contribution in [0.1, 0.15) is 68.7 Å². The van der Waals surface area contributed by atoms with E-state index in [1.54, 1.807) is 35.8 Å². The minimum absolute atomic E-state index is 0.0699. The number of amides is 1. The zero-order valence-electron chi connectivity index (χ0n) is 33.2. The predicted octanol–water partition coefficient (Wildman–Crippen LogP) is 5.41. The fourth-order valence-electron chi connectivity index (χ4n) is 7.00. The van der Waals surface area contributed by atoms with Crippen molar-refractivity contribution in [1.82, 2.24) is 18.9 Å². The van der Waals surface area contributed by atoms with Crippen molar-refractivity contribution in [2.24, 2.45) is 0 Å². The summed E-state index contributed by atoms with van der Waals surface area (Å²) < 4.78 is 36.5. The monoisotopic (exact) mass is 783 g/mol. The molecular formula is C42H49N5O10. The Labute approximate surface area is 330 Å². The van der Waals surface area contributed by atoms with Gasteiger partial charge in [0.1, 0.15) is 23.7 Å². The number of anilines is 1. The van der Waals surface area contributed by atoms with Gasteiger partial charge in [0, 0.05) is 62.7 Å². The van der Waals surface area contributed by atoms with Gasteiger partial charge in [0.15, 0.2) is 11.5 Å². The third kappa shape index (κ3) is 8.84. The van der Waals surface area contributed by atoms with Crippen molar-refractivity contribution in [3.05, 3.63) is 105 Å². The van der Waals surface area contributed by atoms with E-state index in [-0.39, 0.29) is 65.1 Å². The highest BCUT2D eigenvalue weighted by molar-refractivity contribution is 6.06. The normalized spacial score (nSPS) is 13.4. The molecule has 1 aliphatic heterocycles. The number of imidazole rings is 1. The van der Waals surface area contributed by atoms with Gasteiger partial charge < -0.3 is 38.3 Å². The van der Waals surface area contributed by atoms with Gasteiger partial charge in [-0.1, -0.05) is 19.1 Å². The number of piperazine rings is 1. The van der Waals surface area contributed by atoms with Crippen LogP contribution >= 0.6 is 0 Å². The highest BCUT2D eigenvalue weighted by atomic mass is 16.5. The number of hydrogen-bond acceptors (Lipinski definition) is 12. The molecule has 1 N–H and O–H groups in total. The van der Waals surface area contributed by atoms with Crippen molar-refractivity contribution in [2.75, 3.05) is 66.0 Å². The van der Waals surface area contributed by atoms with Gasteiger partial charge in [0.25, 0.3) is 5.91 Å². The number of nitrogens with one attached hydrogen (secondary N) is 1. The number of aryl methyl sites for hydroxylation is 1. The molecule has 57 heavy (non-hydrogen) atoms. The Morgan fingerprint density at radius 2 is 1.47 bits per heavy atom. The lowest BCUT2D eigenvalue weighted by molar-refractivity contribution is 0.0525. The number of rotatable bonds is 16. The summed E-state index contributed by atoms with van der Waals surface area (Å²) in [5, 5.41) is 2.95. The Morgan fingerprint density at radius 3 is 2.12 bits per heavy atom. The van der Waals surface area contributed by atoms with Crippen LogP contribution < -0.4 is 25.2 Å². The summed E-state index contributed by atoms with van der Waals surface area (Å²) >= 11 is 0. The van der Waals surface area contributed by atoms with Gasteiger partial charge in [-0.3, -0.25) is 18.8 Å². The smallest absolute Gasteiger partial charge is 0.341 e. The lowest BCUT2D eigenvalue weighted by atomic mass is 10.1. The minimum atomic E-state index is -0.705. The van der Waals surface area contributed by atoms with E-state index in [1.165, 1.54) is 38.2 Å². The molecular weight excluding hydrogens is 734 g/mol. The van der Waals surface area contributed by atoms with E-state index in [0.29, 0.717) is 28.8 Å². The first-order chi connectivity index (χ1) is 27.6. The third-order valence-electron chi connectivity index (χ3n) is 10.1. The van der Waals surface area contributed by atoms with Crippen LogP contribution in [-0.2, 0) is 35.7 Å². The second-order valence-corrected chi connectivity index (χ2v) is 13.4. The van der Waals surface area contributed by atoms with Crippen LogP contribution in [0, 0.1) is 0 Å². The number of nitrogens with zero attached hydrogens (tertiary/aromatic N) is 4. The number of benzene rings is 3. The summed E-state index contributed by atoms with van der Waals surface area (Å²) in [6.07, 6.45) is 1.36. The zero-order chi connectivity index (χ0) is 40.6. The first-order valence-electron chi connectivity index (χ1n) is 18.9. The topological polar surface area (TPSA) is 156 Å². The average Bonchev–Trinajstić information content (AvgIpc) is 3.76. The molecule has 6 rings (SSSR count). The fraction of sp³-hybridized carbons (Fsp3) is 0.381. The number of methoxy groups -OCH3 is 3. The molecule has 0 radical (unpaired) electrons. The number of carbonyl (C=O) groups is 3. The fourth-order valence-corrected chi connectivity index (χ4v) is 7.00. The minimum Gasteiger partial charge on any atom is -0.496 e. The van der Waals surface area contributed by atoms with Crippen molar-refractivity contribution < 1.29 is 42.5 Å². The number of hydrogen-bond donors (Lipinski definition) is 1. The van der Waals surface area contributed by atoms with Crippen molar-refractivity contribution in [2.45, 2.75) is 47.0 Å². The van der Waals surface area contributed by atoms with Gasteiger partial charge in [0.2, 0.25) is 0 Å².